The normalized spacial score (nSPS) is 17.4. The van der Waals surface area contributed by atoms with Crippen LogP contribution in [0.2, 0.25) is 0 Å². The van der Waals surface area contributed by atoms with Crippen LogP contribution in [0.4, 0.5) is 10.1 Å². The highest BCUT2D eigenvalue weighted by molar-refractivity contribution is 6.35. The number of hydrogen-bond acceptors (Lipinski definition) is 4. The number of anilines is 1. The van der Waals surface area contributed by atoms with Crippen molar-refractivity contribution in [3.63, 3.8) is 0 Å². The standard InChI is InChI=1S/C19H25FN4O3/c20-15-5-1-2-6-16(15)22-11-13-24(14-12-22)19(27)18(26)21-8-4-10-23-9-3-7-17(23)25/h1-2,5-6H,3-4,7-14H2,(H,21,26). The van der Waals surface area contributed by atoms with Gasteiger partial charge in [0.25, 0.3) is 0 Å². The lowest BCUT2D eigenvalue weighted by Gasteiger charge is -2.35. The first-order valence-corrected chi connectivity index (χ1v) is 9.40. The fraction of sp³-hybridized carbons (Fsp3) is 0.526. The second-order valence-electron chi connectivity index (χ2n) is 6.82. The third-order valence-electron chi connectivity index (χ3n) is 5.02. The first-order chi connectivity index (χ1) is 13.1. The molecule has 1 aromatic rings. The molecule has 1 aromatic carbocycles. The van der Waals surface area contributed by atoms with E-state index < -0.39 is 11.8 Å². The largest absolute Gasteiger partial charge is 0.366 e. The molecule has 0 spiro atoms. The molecule has 2 aliphatic heterocycles. The lowest BCUT2D eigenvalue weighted by atomic mass is 10.2. The summed E-state index contributed by atoms with van der Waals surface area (Å²) < 4.78 is 13.9. The Hall–Kier alpha value is -2.64. The van der Waals surface area contributed by atoms with Crippen LogP contribution >= 0.6 is 0 Å². The third kappa shape index (κ3) is 4.75. The van der Waals surface area contributed by atoms with Gasteiger partial charge in [0.05, 0.1) is 5.69 Å². The molecule has 2 heterocycles. The first-order valence-electron chi connectivity index (χ1n) is 9.40. The van der Waals surface area contributed by atoms with Crippen molar-refractivity contribution in [1.29, 1.82) is 0 Å². The Balaban J connectivity index is 1.39. The zero-order valence-corrected chi connectivity index (χ0v) is 15.3. The minimum atomic E-state index is -0.623. The van der Waals surface area contributed by atoms with Gasteiger partial charge in [-0.25, -0.2) is 4.39 Å². The molecule has 3 amide bonds. The van der Waals surface area contributed by atoms with Gasteiger partial charge in [-0.1, -0.05) is 12.1 Å². The summed E-state index contributed by atoms with van der Waals surface area (Å²) in [6.07, 6.45) is 2.12. The Labute approximate surface area is 158 Å². The lowest BCUT2D eigenvalue weighted by Crippen LogP contribution is -2.53. The minimum Gasteiger partial charge on any atom is -0.366 e. The van der Waals surface area contributed by atoms with Gasteiger partial charge in [0.15, 0.2) is 0 Å². The maximum Gasteiger partial charge on any atom is 0.312 e. The number of para-hydroxylation sites is 1. The van der Waals surface area contributed by atoms with E-state index in [4.69, 9.17) is 0 Å². The molecule has 0 unspecified atom stereocenters. The van der Waals surface area contributed by atoms with Gasteiger partial charge in [-0.3, -0.25) is 14.4 Å². The molecule has 3 rings (SSSR count). The molecule has 0 bridgehead atoms. The molecule has 0 aliphatic carbocycles. The van der Waals surface area contributed by atoms with Crippen molar-refractivity contribution in [3.05, 3.63) is 30.1 Å². The predicted octanol–water partition coefficient (Wildman–Crippen LogP) is 0.603. The van der Waals surface area contributed by atoms with Crippen LogP contribution in [0.5, 0.6) is 0 Å². The highest BCUT2D eigenvalue weighted by atomic mass is 19.1. The van der Waals surface area contributed by atoms with E-state index in [0.29, 0.717) is 57.8 Å². The van der Waals surface area contributed by atoms with Crippen LogP contribution in [0.3, 0.4) is 0 Å². The van der Waals surface area contributed by atoms with Crippen molar-refractivity contribution >= 4 is 23.4 Å². The molecule has 2 aliphatic rings. The average Bonchev–Trinajstić information content (AvgIpc) is 3.10. The quantitative estimate of drug-likeness (QED) is 0.604. The Kier molecular flexibility index (Phi) is 6.26. The number of piperazine rings is 1. The third-order valence-corrected chi connectivity index (χ3v) is 5.02. The van der Waals surface area contributed by atoms with E-state index in [0.717, 1.165) is 13.0 Å². The fourth-order valence-corrected chi connectivity index (χ4v) is 3.49. The van der Waals surface area contributed by atoms with Crippen LogP contribution in [-0.4, -0.2) is 73.3 Å². The van der Waals surface area contributed by atoms with Crippen LogP contribution < -0.4 is 10.2 Å². The summed E-state index contributed by atoms with van der Waals surface area (Å²) in [6, 6.07) is 6.54. The molecule has 8 heteroatoms. The van der Waals surface area contributed by atoms with Crippen molar-refractivity contribution < 1.29 is 18.8 Å². The molecule has 2 saturated heterocycles. The number of nitrogens with zero attached hydrogens (tertiary/aromatic N) is 3. The number of nitrogens with one attached hydrogen (secondary N) is 1. The van der Waals surface area contributed by atoms with E-state index >= 15 is 0 Å². The molecule has 0 saturated carbocycles. The van der Waals surface area contributed by atoms with Crippen molar-refractivity contribution in [3.8, 4) is 0 Å². The van der Waals surface area contributed by atoms with E-state index in [-0.39, 0.29) is 11.7 Å². The predicted molar refractivity (Wildman–Crippen MR) is 98.6 cm³/mol. The van der Waals surface area contributed by atoms with E-state index in [1.807, 2.05) is 4.90 Å². The number of hydrogen-bond donors (Lipinski definition) is 1. The van der Waals surface area contributed by atoms with Crippen LogP contribution in [0, 0.1) is 5.82 Å². The molecule has 2 fully saturated rings. The Morgan fingerprint density at radius 3 is 2.48 bits per heavy atom. The molecule has 146 valence electrons. The zero-order chi connectivity index (χ0) is 19.2. The Bertz CT molecular complexity index is 704. The summed E-state index contributed by atoms with van der Waals surface area (Å²) in [7, 11) is 0. The summed E-state index contributed by atoms with van der Waals surface area (Å²) in [5.74, 6) is -1.31. The molecular formula is C19H25FN4O3. The minimum absolute atomic E-state index is 0.158. The highest BCUT2D eigenvalue weighted by Gasteiger charge is 2.27. The van der Waals surface area contributed by atoms with Crippen LogP contribution in [0.1, 0.15) is 19.3 Å². The number of rotatable bonds is 5. The lowest BCUT2D eigenvalue weighted by molar-refractivity contribution is -0.146. The van der Waals surface area contributed by atoms with Gasteiger partial charge in [0.2, 0.25) is 5.91 Å². The first kappa shape index (κ1) is 19.1. The van der Waals surface area contributed by atoms with Crippen LogP contribution in [0.25, 0.3) is 0 Å². The maximum atomic E-state index is 13.9. The van der Waals surface area contributed by atoms with Gasteiger partial charge < -0.3 is 20.0 Å². The average molecular weight is 376 g/mol. The van der Waals surface area contributed by atoms with Gasteiger partial charge in [0.1, 0.15) is 5.82 Å². The van der Waals surface area contributed by atoms with Crippen molar-refractivity contribution in [1.82, 2.24) is 15.1 Å². The topological polar surface area (TPSA) is 73.0 Å². The molecular weight excluding hydrogens is 351 g/mol. The van der Waals surface area contributed by atoms with E-state index in [1.165, 1.54) is 11.0 Å². The Morgan fingerprint density at radius 2 is 1.81 bits per heavy atom. The van der Waals surface area contributed by atoms with Gasteiger partial charge in [0, 0.05) is 52.2 Å². The maximum absolute atomic E-state index is 13.9. The van der Waals surface area contributed by atoms with E-state index in [1.54, 1.807) is 23.1 Å². The van der Waals surface area contributed by atoms with Gasteiger partial charge in [-0.2, -0.15) is 0 Å². The molecule has 1 N–H and O–H groups in total. The zero-order valence-electron chi connectivity index (χ0n) is 15.3. The summed E-state index contributed by atoms with van der Waals surface area (Å²) in [5, 5.41) is 2.63. The Morgan fingerprint density at radius 1 is 1.07 bits per heavy atom. The summed E-state index contributed by atoms with van der Waals surface area (Å²) in [4.78, 5) is 41.0. The van der Waals surface area contributed by atoms with Crippen molar-refractivity contribution in [2.45, 2.75) is 19.3 Å². The van der Waals surface area contributed by atoms with E-state index in [9.17, 15) is 18.8 Å². The highest BCUT2D eigenvalue weighted by Crippen LogP contribution is 2.20. The fourth-order valence-electron chi connectivity index (χ4n) is 3.49. The summed E-state index contributed by atoms with van der Waals surface area (Å²) in [6.45, 7) is 3.47. The smallest absolute Gasteiger partial charge is 0.312 e. The molecule has 0 atom stereocenters. The van der Waals surface area contributed by atoms with Crippen molar-refractivity contribution in [2.24, 2.45) is 0 Å². The summed E-state index contributed by atoms with van der Waals surface area (Å²) >= 11 is 0. The number of benzene rings is 1. The monoisotopic (exact) mass is 376 g/mol. The number of carbonyl (C=O) groups is 3. The second kappa shape index (κ2) is 8.83. The summed E-state index contributed by atoms with van der Waals surface area (Å²) in [5.41, 5.74) is 0.519. The van der Waals surface area contributed by atoms with E-state index in [2.05, 4.69) is 5.32 Å². The molecule has 7 nitrogen and oxygen atoms in total. The second-order valence-corrected chi connectivity index (χ2v) is 6.82. The molecule has 0 radical (unpaired) electrons. The van der Waals surface area contributed by atoms with Crippen LogP contribution in [0.15, 0.2) is 24.3 Å². The van der Waals surface area contributed by atoms with Gasteiger partial charge in [-0.05, 0) is 25.0 Å². The number of amides is 3. The number of likely N-dealkylation sites (tertiary alicyclic amines) is 1. The van der Waals surface area contributed by atoms with Crippen molar-refractivity contribution in [2.75, 3.05) is 50.7 Å². The van der Waals surface area contributed by atoms with Gasteiger partial charge >= 0.3 is 11.8 Å². The molecule has 27 heavy (non-hydrogen) atoms. The SMILES string of the molecule is O=C(NCCCN1CCCC1=O)C(=O)N1CCN(c2ccccc2F)CC1. The number of halogens is 1. The molecule has 0 aromatic heterocycles. The number of carbonyl (C=O) groups excluding carboxylic acids is 3. The van der Waals surface area contributed by atoms with Gasteiger partial charge in [-0.15, -0.1) is 0 Å². The van der Waals surface area contributed by atoms with Crippen LogP contribution in [-0.2, 0) is 14.4 Å².